The summed E-state index contributed by atoms with van der Waals surface area (Å²) in [7, 11) is -3.49. The number of hydrogen-bond acceptors (Lipinski definition) is 5. The number of likely N-dealkylation sites (tertiary alicyclic amines) is 1. The van der Waals surface area contributed by atoms with Crippen molar-refractivity contribution in [1.29, 1.82) is 0 Å². The highest BCUT2D eigenvalue weighted by atomic mass is 32.2. The lowest BCUT2D eigenvalue weighted by Gasteiger charge is -2.32. The zero-order valence-corrected chi connectivity index (χ0v) is 17.6. The number of carbonyl (C=O) groups is 1. The monoisotopic (exact) mass is 430 g/mol. The van der Waals surface area contributed by atoms with Gasteiger partial charge in [-0.05, 0) is 43.3 Å². The van der Waals surface area contributed by atoms with Crippen molar-refractivity contribution >= 4 is 27.3 Å². The molecule has 1 aliphatic rings. The number of nitrogens with zero attached hydrogens (tertiary/aromatic N) is 3. The summed E-state index contributed by atoms with van der Waals surface area (Å²) in [6, 6.07) is 12.8. The van der Waals surface area contributed by atoms with Crippen LogP contribution in [0.2, 0.25) is 0 Å². The molecule has 7 nitrogen and oxygen atoms in total. The van der Waals surface area contributed by atoms with Gasteiger partial charge in [-0.3, -0.25) is 4.79 Å². The van der Waals surface area contributed by atoms with Gasteiger partial charge in [0.15, 0.2) is 0 Å². The van der Waals surface area contributed by atoms with E-state index in [2.05, 4.69) is 9.82 Å². The van der Waals surface area contributed by atoms with Gasteiger partial charge in [0.25, 0.3) is 5.91 Å². The third-order valence-electron chi connectivity index (χ3n) is 5.10. The molecule has 1 amide bonds. The van der Waals surface area contributed by atoms with Crippen molar-refractivity contribution in [3.05, 3.63) is 65.3 Å². The number of aromatic nitrogens is 2. The van der Waals surface area contributed by atoms with E-state index in [-0.39, 0.29) is 11.9 Å². The summed E-state index contributed by atoms with van der Waals surface area (Å²) in [5, 5.41) is 6.12. The number of nitrogens with one attached hydrogen (secondary N) is 1. The van der Waals surface area contributed by atoms with Crippen LogP contribution in [-0.2, 0) is 10.0 Å². The Hall–Kier alpha value is -2.49. The van der Waals surface area contributed by atoms with E-state index in [0.717, 1.165) is 11.4 Å². The Balaban J connectivity index is 1.40. The molecule has 0 spiro atoms. The van der Waals surface area contributed by atoms with Gasteiger partial charge in [0, 0.05) is 19.1 Å². The van der Waals surface area contributed by atoms with E-state index in [1.807, 2.05) is 37.3 Å². The van der Waals surface area contributed by atoms with Crippen LogP contribution >= 0.6 is 11.3 Å². The average Bonchev–Trinajstić information content (AvgIpc) is 3.39. The van der Waals surface area contributed by atoms with Gasteiger partial charge in [-0.15, -0.1) is 11.3 Å². The summed E-state index contributed by atoms with van der Waals surface area (Å²) in [4.78, 5) is 14.8. The van der Waals surface area contributed by atoms with E-state index in [9.17, 15) is 13.2 Å². The number of sulfonamides is 1. The van der Waals surface area contributed by atoms with Crippen LogP contribution in [0.4, 0.5) is 0 Å². The Morgan fingerprint density at radius 2 is 1.86 bits per heavy atom. The number of hydrogen-bond donors (Lipinski definition) is 1. The van der Waals surface area contributed by atoms with E-state index in [4.69, 9.17) is 0 Å². The molecular formula is C20H22N4O3S2. The molecule has 1 aromatic carbocycles. The van der Waals surface area contributed by atoms with Crippen LogP contribution in [0.3, 0.4) is 0 Å². The highest BCUT2D eigenvalue weighted by Gasteiger charge is 2.29. The molecule has 1 saturated heterocycles. The topological polar surface area (TPSA) is 84.3 Å². The summed E-state index contributed by atoms with van der Waals surface area (Å²) >= 11 is 1.20. The van der Waals surface area contributed by atoms with Gasteiger partial charge >= 0.3 is 0 Å². The first-order valence-electron chi connectivity index (χ1n) is 9.41. The van der Waals surface area contributed by atoms with Gasteiger partial charge < -0.3 is 4.90 Å². The maximum atomic E-state index is 13.0. The quantitative estimate of drug-likeness (QED) is 0.675. The first kappa shape index (κ1) is 19.8. The van der Waals surface area contributed by atoms with Crippen LogP contribution in [0, 0.1) is 6.92 Å². The number of benzene rings is 1. The zero-order chi connectivity index (χ0) is 20.4. The Labute approximate surface area is 174 Å². The molecule has 1 N–H and O–H groups in total. The number of thiophene rings is 1. The van der Waals surface area contributed by atoms with Crippen LogP contribution in [0.15, 0.2) is 58.3 Å². The molecule has 29 heavy (non-hydrogen) atoms. The predicted octanol–water partition coefficient (Wildman–Crippen LogP) is 2.83. The smallest absolute Gasteiger partial charge is 0.257 e. The molecule has 1 fully saturated rings. The molecule has 3 heterocycles. The SMILES string of the molecule is Cc1c(C(=O)N2CCC(NS(=O)(=O)c3cccs3)CC2)cnn1-c1ccccc1. The summed E-state index contributed by atoms with van der Waals surface area (Å²) in [6.45, 7) is 2.90. The van der Waals surface area contributed by atoms with Crippen LogP contribution in [0.5, 0.6) is 0 Å². The zero-order valence-electron chi connectivity index (χ0n) is 16.0. The summed E-state index contributed by atoms with van der Waals surface area (Å²) in [5.74, 6) is -0.0655. The van der Waals surface area contributed by atoms with Crippen molar-refractivity contribution in [3.63, 3.8) is 0 Å². The second-order valence-electron chi connectivity index (χ2n) is 7.01. The molecule has 0 atom stereocenters. The fourth-order valence-electron chi connectivity index (χ4n) is 3.51. The van der Waals surface area contributed by atoms with Crippen molar-refractivity contribution in [2.24, 2.45) is 0 Å². The van der Waals surface area contributed by atoms with Gasteiger partial charge in [-0.1, -0.05) is 24.3 Å². The van der Waals surface area contributed by atoms with E-state index < -0.39 is 10.0 Å². The lowest BCUT2D eigenvalue weighted by molar-refractivity contribution is 0.0710. The van der Waals surface area contributed by atoms with E-state index >= 15 is 0 Å². The predicted molar refractivity (Wildman–Crippen MR) is 112 cm³/mol. The fraction of sp³-hybridized carbons (Fsp3) is 0.300. The Morgan fingerprint density at radius 1 is 1.14 bits per heavy atom. The van der Waals surface area contributed by atoms with Crippen molar-refractivity contribution < 1.29 is 13.2 Å². The van der Waals surface area contributed by atoms with Gasteiger partial charge in [-0.2, -0.15) is 5.10 Å². The Bertz CT molecular complexity index is 1080. The maximum absolute atomic E-state index is 13.0. The van der Waals surface area contributed by atoms with Crippen molar-refractivity contribution in [2.45, 2.75) is 30.0 Å². The molecule has 0 bridgehead atoms. The molecule has 4 rings (SSSR count). The normalized spacial score (nSPS) is 15.6. The largest absolute Gasteiger partial charge is 0.338 e. The minimum atomic E-state index is -3.49. The molecular weight excluding hydrogens is 408 g/mol. The highest BCUT2D eigenvalue weighted by Crippen LogP contribution is 2.21. The molecule has 0 aliphatic carbocycles. The molecule has 2 aromatic heterocycles. The summed E-state index contributed by atoms with van der Waals surface area (Å²) in [5.41, 5.74) is 2.28. The summed E-state index contributed by atoms with van der Waals surface area (Å²) < 4.78 is 29.6. The Morgan fingerprint density at radius 3 is 2.52 bits per heavy atom. The summed E-state index contributed by atoms with van der Waals surface area (Å²) in [6.07, 6.45) is 2.78. The maximum Gasteiger partial charge on any atom is 0.257 e. The van der Waals surface area contributed by atoms with E-state index in [0.29, 0.717) is 35.7 Å². The van der Waals surface area contributed by atoms with Gasteiger partial charge in [0.05, 0.1) is 23.1 Å². The first-order valence-corrected chi connectivity index (χ1v) is 11.8. The molecule has 9 heteroatoms. The Kier molecular flexibility index (Phi) is 5.53. The molecule has 0 unspecified atom stereocenters. The highest BCUT2D eigenvalue weighted by molar-refractivity contribution is 7.91. The van der Waals surface area contributed by atoms with Crippen LogP contribution in [0.25, 0.3) is 5.69 Å². The molecule has 3 aromatic rings. The third kappa shape index (κ3) is 4.12. The average molecular weight is 431 g/mol. The third-order valence-corrected chi connectivity index (χ3v) is 8.02. The standard InChI is InChI=1S/C20H22N4O3S2/c1-15-18(14-21-24(15)17-6-3-2-4-7-17)20(25)23-11-9-16(10-12-23)22-29(26,27)19-8-5-13-28-19/h2-8,13-14,16,22H,9-12H2,1H3. The number of carbonyl (C=O) groups excluding carboxylic acids is 1. The minimum absolute atomic E-state index is 0.0655. The van der Waals surface area contributed by atoms with Gasteiger partial charge in [0.2, 0.25) is 10.0 Å². The van der Waals surface area contributed by atoms with E-state index in [1.54, 1.807) is 33.3 Å². The second kappa shape index (κ2) is 8.10. The lowest BCUT2D eigenvalue weighted by atomic mass is 10.1. The first-order chi connectivity index (χ1) is 14.0. The van der Waals surface area contributed by atoms with Gasteiger partial charge in [0.1, 0.15) is 4.21 Å². The van der Waals surface area contributed by atoms with Crippen molar-refractivity contribution in [1.82, 2.24) is 19.4 Å². The number of para-hydroxylation sites is 1. The molecule has 1 aliphatic heterocycles. The van der Waals surface area contributed by atoms with E-state index in [1.165, 1.54) is 11.3 Å². The minimum Gasteiger partial charge on any atom is -0.338 e. The molecule has 0 radical (unpaired) electrons. The second-order valence-corrected chi connectivity index (χ2v) is 9.90. The number of piperidine rings is 1. The molecule has 0 saturated carbocycles. The fourth-order valence-corrected chi connectivity index (χ4v) is 5.83. The van der Waals surface area contributed by atoms with Gasteiger partial charge in [-0.25, -0.2) is 17.8 Å². The lowest BCUT2D eigenvalue weighted by Crippen LogP contribution is -2.46. The molecule has 152 valence electrons. The number of amides is 1. The van der Waals surface area contributed by atoms with Crippen LogP contribution < -0.4 is 4.72 Å². The number of rotatable bonds is 5. The van der Waals surface area contributed by atoms with Crippen molar-refractivity contribution in [3.8, 4) is 5.69 Å². The van der Waals surface area contributed by atoms with Crippen molar-refractivity contribution in [2.75, 3.05) is 13.1 Å². The van der Waals surface area contributed by atoms with Crippen LogP contribution in [-0.4, -0.2) is 48.1 Å². The van der Waals surface area contributed by atoms with Crippen LogP contribution in [0.1, 0.15) is 28.9 Å².